The number of ether oxygens (including phenoxy) is 1. The van der Waals surface area contributed by atoms with E-state index >= 15 is 0 Å². The second kappa shape index (κ2) is 6.89. The van der Waals surface area contributed by atoms with Gasteiger partial charge >= 0.3 is 0 Å². The molecule has 4 nitrogen and oxygen atoms in total. The van der Waals surface area contributed by atoms with Crippen molar-refractivity contribution in [3.05, 3.63) is 52.0 Å². The summed E-state index contributed by atoms with van der Waals surface area (Å²) in [6.07, 6.45) is 1.27. The predicted octanol–water partition coefficient (Wildman–Crippen LogP) is 2.69. The molecule has 0 atom stereocenters. The fraction of sp³-hybridized carbons (Fsp3) is 0.0769. The van der Waals surface area contributed by atoms with E-state index in [0.29, 0.717) is 10.9 Å². The van der Waals surface area contributed by atoms with Gasteiger partial charge in [0.25, 0.3) is 5.91 Å². The highest BCUT2D eigenvalue weighted by molar-refractivity contribution is 7.12. The Morgan fingerprint density at radius 2 is 2.10 bits per heavy atom. The second-order valence-corrected chi connectivity index (χ2v) is 4.86. The van der Waals surface area contributed by atoms with Crippen LogP contribution in [0.5, 0.6) is 5.75 Å². The molecule has 0 spiro atoms. The molecule has 0 aliphatic rings. The molecule has 1 aromatic carbocycles. The van der Waals surface area contributed by atoms with E-state index in [2.05, 4.69) is 10.5 Å². The van der Waals surface area contributed by atoms with Crippen LogP contribution in [0.3, 0.4) is 0 Å². The number of amides is 1. The van der Waals surface area contributed by atoms with Crippen LogP contribution in [0.4, 0.5) is 13.2 Å². The Bertz CT molecular complexity index is 673. The Kier molecular flexibility index (Phi) is 4.94. The molecule has 1 heterocycles. The molecule has 0 aliphatic heterocycles. The van der Waals surface area contributed by atoms with Crippen LogP contribution < -0.4 is 10.2 Å². The van der Waals surface area contributed by atoms with Gasteiger partial charge in [-0.15, -0.1) is 11.3 Å². The zero-order valence-electron chi connectivity index (χ0n) is 10.5. The van der Waals surface area contributed by atoms with Gasteiger partial charge in [0.1, 0.15) is 5.82 Å². The SMILES string of the molecule is O=C(COc1ccc(F)cc1F)N/N=C\c1ccc(F)s1. The number of hydrogen-bond acceptors (Lipinski definition) is 4. The number of hydrogen-bond donors (Lipinski definition) is 1. The first-order valence-electron chi connectivity index (χ1n) is 5.69. The van der Waals surface area contributed by atoms with Gasteiger partial charge in [-0.1, -0.05) is 0 Å². The number of rotatable bonds is 5. The van der Waals surface area contributed by atoms with Crippen molar-refractivity contribution in [1.29, 1.82) is 0 Å². The van der Waals surface area contributed by atoms with Gasteiger partial charge < -0.3 is 4.74 Å². The van der Waals surface area contributed by atoms with Gasteiger partial charge in [0.2, 0.25) is 0 Å². The molecule has 21 heavy (non-hydrogen) atoms. The summed E-state index contributed by atoms with van der Waals surface area (Å²) in [5.74, 6) is -2.51. The van der Waals surface area contributed by atoms with Crippen molar-refractivity contribution in [2.24, 2.45) is 5.10 Å². The van der Waals surface area contributed by atoms with Crippen molar-refractivity contribution in [3.8, 4) is 5.75 Å². The van der Waals surface area contributed by atoms with E-state index in [1.54, 1.807) is 0 Å². The van der Waals surface area contributed by atoms with Gasteiger partial charge in [0.15, 0.2) is 23.3 Å². The molecule has 0 radical (unpaired) electrons. The Morgan fingerprint density at radius 1 is 1.29 bits per heavy atom. The number of benzene rings is 1. The first-order valence-corrected chi connectivity index (χ1v) is 6.51. The molecule has 0 unspecified atom stereocenters. The summed E-state index contributed by atoms with van der Waals surface area (Å²) in [4.78, 5) is 11.9. The van der Waals surface area contributed by atoms with E-state index < -0.39 is 24.1 Å². The summed E-state index contributed by atoms with van der Waals surface area (Å²) in [5.41, 5.74) is 2.13. The largest absolute Gasteiger partial charge is 0.481 e. The summed E-state index contributed by atoms with van der Waals surface area (Å²) in [6.45, 7) is -0.487. The Labute approximate surface area is 121 Å². The molecular weight excluding hydrogens is 305 g/mol. The fourth-order valence-corrected chi connectivity index (χ4v) is 1.94. The van der Waals surface area contributed by atoms with Crippen LogP contribution in [0.15, 0.2) is 35.4 Å². The number of nitrogens with one attached hydrogen (secondary N) is 1. The van der Waals surface area contributed by atoms with Crippen molar-refractivity contribution in [3.63, 3.8) is 0 Å². The van der Waals surface area contributed by atoms with Crippen molar-refractivity contribution in [1.82, 2.24) is 5.43 Å². The maximum absolute atomic E-state index is 13.2. The number of hydrazone groups is 1. The highest BCUT2D eigenvalue weighted by Crippen LogP contribution is 2.17. The topological polar surface area (TPSA) is 50.7 Å². The molecule has 2 rings (SSSR count). The monoisotopic (exact) mass is 314 g/mol. The second-order valence-electron chi connectivity index (χ2n) is 3.80. The third-order valence-electron chi connectivity index (χ3n) is 2.23. The summed E-state index contributed by atoms with van der Waals surface area (Å²) in [5, 5.41) is 3.23. The lowest BCUT2D eigenvalue weighted by atomic mass is 10.3. The lowest BCUT2D eigenvalue weighted by molar-refractivity contribution is -0.123. The third-order valence-corrected chi connectivity index (χ3v) is 3.04. The molecule has 0 bridgehead atoms. The van der Waals surface area contributed by atoms with Crippen LogP contribution in [0, 0.1) is 16.8 Å². The Hall–Kier alpha value is -2.35. The quantitative estimate of drug-likeness (QED) is 0.681. The molecule has 8 heteroatoms. The van der Waals surface area contributed by atoms with Crippen molar-refractivity contribution in [2.75, 3.05) is 6.61 Å². The highest BCUT2D eigenvalue weighted by atomic mass is 32.1. The van der Waals surface area contributed by atoms with Crippen LogP contribution in [-0.4, -0.2) is 18.7 Å². The lowest BCUT2D eigenvalue weighted by Crippen LogP contribution is -2.24. The van der Waals surface area contributed by atoms with E-state index in [1.165, 1.54) is 18.3 Å². The van der Waals surface area contributed by atoms with Crippen LogP contribution >= 0.6 is 11.3 Å². The van der Waals surface area contributed by atoms with Crippen LogP contribution in [0.25, 0.3) is 0 Å². The molecule has 1 amide bonds. The molecule has 110 valence electrons. The van der Waals surface area contributed by atoms with E-state index in [9.17, 15) is 18.0 Å². The molecule has 1 N–H and O–H groups in total. The van der Waals surface area contributed by atoms with Crippen LogP contribution in [-0.2, 0) is 4.79 Å². The van der Waals surface area contributed by atoms with E-state index in [-0.39, 0.29) is 10.9 Å². The predicted molar refractivity (Wildman–Crippen MR) is 71.9 cm³/mol. The molecule has 0 fully saturated rings. The number of carbonyl (C=O) groups is 1. The maximum atomic E-state index is 13.2. The number of halogens is 3. The summed E-state index contributed by atoms with van der Waals surface area (Å²) in [7, 11) is 0. The number of carbonyl (C=O) groups excluding carboxylic acids is 1. The Balaban J connectivity index is 1.81. The van der Waals surface area contributed by atoms with Crippen molar-refractivity contribution >= 4 is 23.5 Å². The van der Waals surface area contributed by atoms with Gasteiger partial charge in [0.05, 0.1) is 11.1 Å². The van der Waals surface area contributed by atoms with E-state index in [1.807, 2.05) is 0 Å². The fourth-order valence-electron chi connectivity index (χ4n) is 1.33. The molecule has 0 saturated heterocycles. The first-order chi connectivity index (χ1) is 10.0. The standard InChI is InChI=1S/C13H9F3N2O2S/c14-8-1-3-11(10(15)5-8)20-7-13(19)18-17-6-9-2-4-12(16)21-9/h1-6H,7H2,(H,18,19)/b17-6-. The molecule has 2 aromatic rings. The molecule has 1 aromatic heterocycles. The van der Waals surface area contributed by atoms with E-state index in [0.717, 1.165) is 23.5 Å². The summed E-state index contributed by atoms with van der Waals surface area (Å²) >= 11 is 0.869. The number of thiophene rings is 1. The average Bonchev–Trinajstić information content (AvgIpc) is 2.83. The average molecular weight is 314 g/mol. The van der Waals surface area contributed by atoms with Crippen molar-refractivity contribution in [2.45, 2.75) is 0 Å². The maximum Gasteiger partial charge on any atom is 0.277 e. The first kappa shape index (κ1) is 15.0. The van der Waals surface area contributed by atoms with Crippen LogP contribution in [0.2, 0.25) is 0 Å². The summed E-state index contributed by atoms with van der Waals surface area (Å²) in [6, 6.07) is 5.51. The van der Waals surface area contributed by atoms with Gasteiger partial charge in [-0.2, -0.15) is 9.49 Å². The minimum atomic E-state index is -0.902. The van der Waals surface area contributed by atoms with E-state index in [4.69, 9.17) is 4.74 Å². The Morgan fingerprint density at radius 3 is 2.76 bits per heavy atom. The normalized spacial score (nSPS) is 10.8. The smallest absolute Gasteiger partial charge is 0.277 e. The zero-order chi connectivity index (χ0) is 15.2. The third kappa shape index (κ3) is 4.60. The lowest BCUT2D eigenvalue weighted by Gasteiger charge is -2.05. The van der Waals surface area contributed by atoms with Crippen molar-refractivity contribution < 1.29 is 22.7 Å². The van der Waals surface area contributed by atoms with Gasteiger partial charge in [-0.25, -0.2) is 14.2 Å². The minimum Gasteiger partial charge on any atom is -0.481 e. The number of nitrogens with zero attached hydrogens (tertiary/aromatic N) is 1. The van der Waals surface area contributed by atoms with Gasteiger partial charge in [-0.05, 0) is 24.3 Å². The van der Waals surface area contributed by atoms with Crippen LogP contribution in [0.1, 0.15) is 4.88 Å². The van der Waals surface area contributed by atoms with Gasteiger partial charge in [0, 0.05) is 6.07 Å². The highest BCUT2D eigenvalue weighted by Gasteiger charge is 2.07. The molecule has 0 saturated carbocycles. The molecular formula is C13H9F3N2O2S. The minimum absolute atomic E-state index is 0.240. The van der Waals surface area contributed by atoms with Gasteiger partial charge in [-0.3, -0.25) is 4.79 Å². The zero-order valence-corrected chi connectivity index (χ0v) is 11.3. The summed E-state index contributed by atoms with van der Waals surface area (Å²) < 4.78 is 43.4. The molecule has 0 aliphatic carbocycles.